The van der Waals surface area contributed by atoms with Crippen LogP contribution in [0.3, 0.4) is 0 Å². The Balaban J connectivity index is 1.93. The van der Waals surface area contributed by atoms with Crippen molar-refractivity contribution in [2.75, 3.05) is 4.90 Å². The lowest BCUT2D eigenvalue weighted by Gasteiger charge is -2.32. The number of benzene rings is 2. The molecule has 1 aliphatic rings. The summed E-state index contributed by atoms with van der Waals surface area (Å²) in [4.78, 5) is 18.4. The van der Waals surface area contributed by atoms with Gasteiger partial charge < -0.3 is 9.69 Å². The molecule has 4 rings (SSSR count). The summed E-state index contributed by atoms with van der Waals surface area (Å²) >= 11 is 0. The van der Waals surface area contributed by atoms with Gasteiger partial charge in [-0.2, -0.15) is 5.26 Å². The molecule has 3 aromatic rings. The molecule has 0 fully saturated rings. The lowest BCUT2D eigenvalue weighted by Crippen LogP contribution is -2.36. The highest BCUT2D eigenvalue weighted by atomic mass is 16.1. The first-order valence-corrected chi connectivity index (χ1v) is 8.95. The van der Waals surface area contributed by atoms with Gasteiger partial charge in [0.25, 0.3) is 0 Å². The van der Waals surface area contributed by atoms with Crippen LogP contribution in [0.1, 0.15) is 16.7 Å². The van der Waals surface area contributed by atoms with Gasteiger partial charge in [-0.05, 0) is 41.0 Å². The highest BCUT2D eigenvalue weighted by molar-refractivity contribution is 5.98. The Morgan fingerprint density at radius 2 is 1.71 bits per heavy atom. The van der Waals surface area contributed by atoms with Crippen molar-refractivity contribution in [2.45, 2.75) is 6.04 Å². The third-order valence-corrected chi connectivity index (χ3v) is 4.72. The molecule has 0 aliphatic carbocycles. The molecule has 0 N–H and O–H groups in total. The molecule has 1 atom stereocenters. The fourth-order valence-corrected chi connectivity index (χ4v) is 3.39. The molecule has 2 aromatic carbocycles. The van der Waals surface area contributed by atoms with Crippen molar-refractivity contribution in [1.29, 1.82) is 5.26 Å². The van der Waals surface area contributed by atoms with Gasteiger partial charge in [0.05, 0.1) is 11.6 Å². The molecule has 28 heavy (non-hydrogen) atoms. The average molecular weight is 363 g/mol. The second-order valence-corrected chi connectivity index (χ2v) is 6.38. The first kappa shape index (κ1) is 17.4. The number of carbonyl (C=O) groups is 1. The minimum Gasteiger partial charge on any atom is -0.318 e. The molecule has 4 heteroatoms. The SMILES string of the molecule is N#Cc1ccccc1C1=CN(c2ccccn2)C(C=O)C(c2ccccc2)=C1. The van der Waals surface area contributed by atoms with Crippen molar-refractivity contribution >= 4 is 23.3 Å². The molecule has 134 valence electrons. The highest BCUT2D eigenvalue weighted by Crippen LogP contribution is 2.35. The average Bonchev–Trinajstić information content (AvgIpc) is 2.79. The van der Waals surface area contributed by atoms with Gasteiger partial charge in [-0.15, -0.1) is 0 Å². The fraction of sp³-hybridized carbons (Fsp3) is 0.0417. The first-order chi connectivity index (χ1) is 13.8. The van der Waals surface area contributed by atoms with Gasteiger partial charge in [0.2, 0.25) is 0 Å². The standard InChI is InChI=1S/C24H17N3O/c25-15-19-10-4-5-11-21(19)20-14-22(18-8-2-1-3-9-18)23(17-28)27(16-20)24-12-6-7-13-26-24/h1-14,16-17,23H. The summed E-state index contributed by atoms with van der Waals surface area (Å²) in [6, 6.07) is 24.6. The van der Waals surface area contributed by atoms with Gasteiger partial charge in [0.1, 0.15) is 18.1 Å². The lowest BCUT2D eigenvalue weighted by atomic mass is 9.89. The maximum Gasteiger partial charge on any atom is 0.147 e. The first-order valence-electron chi connectivity index (χ1n) is 8.95. The predicted molar refractivity (Wildman–Crippen MR) is 110 cm³/mol. The maximum absolute atomic E-state index is 12.1. The molecule has 0 saturated heterocycles. The van der Waals surface area contributed by atoms with Gasteiger partial charge in [-0.1, -0.05) is 54.6 Å². The van der Waals surface area contributed by atoms with E-state index in [1.165, 1.54) is 0 Å². The van der Waals surface area contributed by atoms with E-state index < -0.39 is 6.04 Å². The van der Waals surface area contributed by atoms with E-state index in [4.69, 9.17) is 0 Å². The van der Waals surface area contributed by atoms with E-state index in [1.54, 1.807) is 12.3 Å². The summed E-state index contributed by atoms with van der Waals surface area (Å²) < 4.78 is 0. The van der Waals surface area contributed by atoms with Crippen LogP contribution >= 0.6 is 0 Å². The Morgan fingerprint density at radius 3 is 2.43 bits per heavy atom. The summed E-state index contributed by atoms with van der Waals surface area (Å²) in [7, 11) is 0. The number of hydrogen-bond donors (Lipinski definition) is 0. The number of nitriles is 1. The van der Waals surface area contributed by atoms with Crippen molar-refractivity contribution in [2.24, 2.45) is 0 Å². The normalized spacial score (nSPS) is 16.0. The van der Waals surface area contributed by atoms with E-state index >= 15 is 0 Å². The van der Waals surface area contributed by atoms with Gasteiger partial charge in [0.15, 0.2) is 0 Å². The lowest BCUT2D eigenvalue weighted by molar-refractivity contribution is -0.107. The zero-order valence-corrected chi connectivity index (χ0v) is 15.1. The molecule has 0 bridgehead atoms. The number of hydrogen-bond acceptors (Lipinski definition) is 4. The minimum absolute atomic E-state index is 0.504. The summed E-state index contributed by atoms with van der Waals surface area (Å²) in [6.07, 6.45) is 6.51. The molecule has 4 nitrogen and oxygen atoms in total. The van der Waals surface area contributed by atoms with Gasteiger partial charge >= 0.3 is 0 Å². The third kappa shape index (κ3) is 3.22. The second-order valence-electron chi connectivity index (χ2n) is 6.38. The van der Waals surface area contributed by atoms with Crippen molar-refractivity contribution in [3.8, 4) is 6.07 Å². The summed E-state index contributed by atoms with van der Waals surface area (Å²) in [6.45, 7) is 0. The highest BCUT2D eigenvalue weighted by Gasteiger charge is 2.28. The largest absolute Gasteiger partial charge is 0.318 e. The predicted octanol–water partition coefficient (Wildman–Crippen LogP) is 4.47. The van der Waals surface area contributed by atoms with Crippen LogP contribution in [0.5, 0.6) is 0 Å². The Labute approximate surface area is 163 Å². The number of pyridine rings is 1. The summed E-state index contributed by atoms with van der Waals surface area (Å²) in [5, 5.41) is 9.53. The van der Waals surface area contributed by atoms with Crippen LogP contribution in [0, 0.1) is 11.3 Å². The number of aldehydes is 1. The van der Waals surface area contributed by atoms with E-state index in [9.17, 15) is 10.1 Å². The zero-order valence-electron chi connectivity index (χ0n) is 15.1. The molecular weight excluding hydrogens is 346 g/mol. The van der Waals surface area contributed by atoms with Crippen LogP contribution in [0.25, 0.3) is 11.1 Å². The Hall–Kier alpha value is -3.97. The molecule has 0 spiro atoms. The monoisotopic (exact) mass is 363 g/mol. The van der Waals surface area contributed by atoms with Crippen LogP contribution in [-0.4, -0.2) is 17.3 Å². The van der Waals surface area contributed by atoms with Crippen LogP contribution in [0.2, 0.25) is 0 Å². The van der Waals surface area contributed by atoms with Crippen molar-refractivity contribution < 1.29 is 4.79 Å². The van der Waals surface area contributed by atoms with E-state index in [0.29, 0.717) is 11.4 Å². The zero-order chi connectivity index (χ0) is 19.3. The Kier molecular flexibility index (Phi) is 4.81. The number of rotatable bonds is 4. The van der Waals surface area contributed by atoms with Crippen LogP contribution < -0.4 is 4.90 Å². The summed E-state index contributed by atoms with van der Waals surface area (Å²) in [5.74, 6) is 0.674. The third-order valence-electron chi connectivity index (χ3n) is 4.72. The minimum atomic E-state index is -0.504. The second kappa shape index (κ2) is 7.73. The maximum atomic E-state index is 12.1. The molecule has 2 heterocycles. The molecule has 1 aliphatic heterocycles. The molecular formula is C24H17N3O. The van der Waals surface area contributed by atoms with Gasteiger partial charge in [0, 0.05) is 18.0 Å². The molecule has 1 unspecified atom stereocenters. The van der Waals surface area contributed by atoms with Gasteiger partial charge in [-0.3, -0.25) is 0 Å². The molecule has 0 saturated carbocycles. The number of carbonyl (C=O) groups excluding carboxylic acids is 1. The van der Waals surface area contributed by atoms with Crippen molar-refractivity contribution in [3.05, 3.63) is 108 Å². The quantitative estimate of drug-likeness (QED) is 0.642. The van der Waals surface area contributed by atoms with Crippen molar-refractivity contribution in [1.82, 2.24) is 4.98 Å². The molecule has 1 aromatic heterocycles. The number of aromatic nitrogens is 1. The summed E-state index contributed by atoms with van der Waals surface area (Å²) in [5.41, 5.74) is 4.10. The smallest absolute Gasteiger partial charge is 0.147 e. The van der Waals surface area contributed by atoms with Crippen LogP contribution in [0.4, 0.5) is 5.82 Å². The molecule has 0 radical (unpaired) electrons. The van der Waals surface area contributed by atoms with E-state index in [-0.39, 0.29) is 0 Å². The topological polar surface area (TPSA) is 57.0 Å². The van der Waals surface area contributed by atoms with E-state index in [0.717, 1.165) is 28.6 Å². The van der Waals surface area contributed by atoms with Gasteiger partial charge in [-0.25, -0.2) is 4.98 Å². The fourth-order valence-electron chi connectivity index (χ4n) is 3.39. The Morgan fingerprint density at radius 1 is 0.964 bits per heavy atom. The van der Waals surface area contributed by atoms with Crippen LogP contribution in [-0.2, 0) is 4.79 Å². The number of allylic oxidation sites excluding steroid dienone is 2. The Bertz CT molecular complexity index is 1100. The van der Waals surface area contributed by atoms with E-state index in [2.05, 4.69) is 11.1 Å². The number of anilines is 1. The number of nitrogens with zero attached hydrogens (tertiary/aromatic N) is 3. The molecule has 0 amide bonds. The van der Waals surface area contributed by atoms with Crippen molar-refractivity contribution in [3.63, 3.8) is 0 Å². The van der Waals surface area contributed by atoms with Crippen LogP contribution in [0.15, 0.2) is 91.3 Å². The van der Waals surface area contributed by atoms with E-state index in [1.807, 2.05) is 83.9 Å².